The molecule has 0 saturated heterocycles. The highest BCUT2D eigenvalue weighted by Gasteiger charge is 2.30. The molecule has 0 aliphatic carbocycles. The van der Waals surface area contributed by atoms with E-state index in [4.69, 9.17) is 4.42 Å². The first-order chi connectivity index (χ1) is 11.1. The van der Waals surface area contributed by atoms with E-state index in [1.807, 2.05) is 34.0 Å². The van der Waals surface area contributed by atoms with Crippen LogP contribution < -0.4 is 5.32 Å². The van der Waals surface area contributed by atoms with Crippen molar-refractivity contribution in [2.24, 2.45) is 12.5 Å². The van der Waals surface area contributed by atoms with Gasteiger partial charge in [0.15, 0.2) is 5.76 Å². The summed E-state index contributed by atoms with van der Waals surface area (Å²) in [5, 5.41) is 16.3. The number of carboxylic acids is 1. The van der Waals surface area contributed by atoms with E-state index in [-0.39, 0.29) is 22.8 Å². The molecule has 0 aromatic carbocycles. The Hall–Kier alpha value is -2.57. The van der Waals surface area contributed by atoms with Crippen LogP contribution in [0.25, 0.3) is 0 Å². The van der Waals surface area contributed by atoms with Gasteiger partial charge in [-0.2, -0.15) is 5.10 Å². The molecule has 2 aromatic rings. The van der Waals surface area contributed by atoms with E-state index < -0.39 is 11.9 Å². The van der Waals surface area contributed by atoms with E-state index in [0.29, 0.717) is 12.2 Å². The van der Waals surface area contributed by atoms with E-state index in [2.05, 4.69) is 10.4 Å². The molecule has 7 nitrogen and oxygen atoms in total. The molecule has 1 unspecified atom stereocenters. The largest absolute Gasteiger partial charge is 0.478 e. The van der Waals surface area contributed by atoms with E-state index in [1.165, 1.54) is 6.07 Å². The highest BCUT2D eigenvalue weighted by atomic mass is 16.4. The Morgan fingerprint density at radius 1 is 1.42 bits per heavy atom. The second kappa shape index (κ2) is 6.51. The molecule has 0 bridgehead atoms. The molecule has 24 heavy (non-hydrogen) atoms. The van der Waals surface area contributed by atoms with Gasteiger partial charge in [0.05, 0.1) is 12.2 Å². The lowest BCUT2D eigenvalue weighted by molar-refractivity contribution is 0.0694. The highest BCUT2D eigenvalue weighted by molar-refractivity contribution is 5.96. The predicted octanol–water partition coefficient (Wildman–Crippen LogP) is 2.79. The summed E-state index contributed by atoms with van der Waals surface area (Å²) in [6, 6.07) is 0.988. The topological polar surface area (TPSA) is 97.4 Å². The van der Waals surface area contributed by atoms with Crippen molar-refractivity contribution < 1.29 is 19.1 Å². The summed E-state index contributed by atoms with van der Waals surface area (Å²) in [7, 11) is 1.81. The van der Waals surface area contributed by atoms with Crippen LogP contribution in [0, 0.1) is 5.41 Å². The number of carbonyl (C=O) groups excluding carboxylic acids is 1. The SMILES string of the molecule is CCc1oc(C(=O)NC(c2cnn(C)c2)C(C)(C)C)cc1C(=O)O. The number of nitrogens with zero attached hydrogens (tertiary/aromatic N) is 2. The summed E-state index contributed by atoms with van der Waals surface area (Å²) in [6.07, 6.45) is 3.96. The van der Waals surface area contributed by atoms with Crippen LogP contribution in [0.4, 0.5) is 0 Å². The first-order valence-electron chi connectivity index (χ1n) is 7.79. The molecule has 130 valence electrons. The van der Waals surface area contributed by atoms with Crippen LogP contribution in [0.5, 0.6) is 0 Å². The van der Waals surface area contributed by atoms with Crippen molar-refractivity contribution in [2.75, 3.05) is 0 Å². The first kappa shape index (κ1) is 17.8. The fourth-order valence-electron chi connectivity index (χ4n) is 2.58. The molecule has 7 heteroatoms. The molecular weight excluding hydrogens is 310 g/mol. The molecule has 1 amide bonds. The number of nitrogens with one attached hydrogen (secondary N) is 1. The quantitative estimate of drug-likeness (QED) is 0.877. The van der Waals surface area contributed by atoms with Crippen LogP contribution >= 0.6 is 0 Å². The standard InChI is InChI=1S/C17H23N3O4/c1-6-12-11(16(22)23)7-13(24-12)15(21)19-14(17(2,3)4)10-8-18-20(5)9-10/h7-9,14H,6H2,1-5H3,(H,19,21)(H,22,23). The van der Waals surface area contributed by atoms with Crippen molar-refractivity contribution in [3.63, 3.8) is 0 Å². The maximum absolute atomic E-state index is 12.6. The average Bonchev–Trinajstić information content (AvgIpc) is 3.09. The molecule has 0 aliphatic rings. The van der Waals surface area contributed by atoms with Crippen molar-refractivity contribution in [1.29, 1.82) is 0 Å². The maximum atomic E-state index is 12.6. The summed E-state index contributed by atoms with van der Waals surface area (Å²) < 4.78 is 7.10. The third-order valence-electron chi connectivity index (χ3n) is 3.78. The van der Waals surface area contributed by atoms with Crippen LogP contribution in [0.15, 0.2) is 22.9 Å². The monoisotopic (exact) mass is 333 g/mol. The Labute approximate surface area is 140 Å². The Kier molecular flexibility index (Phi) is 4.82. The minimum absolute atomic E-state index is 0.00221. The molecule has 2 rings (SSSR count). The third kappa shape index (κ3) is 3.67. The Morgan fingerprint density at radius 3 is 2.50 bits per heavy atom. The van der Waals surface area contributed by atoms with E-state index in [1.54, 1.807) is 17.8 Å². The van der Waals surface area contributed by atoms with Gasteiger partial charge in [-0.1, -0.05) is 27.7 Å². The van der Waals surface area contributed by atoms with Gasteiger partial charge in [0, 0.05) is 31.3 Å². The van der Waals surface area contributed by atoms with Gasteiger partial charge in [-0.15, -0.1) is 0 Å². The Bertz CT molecular complexity index is 752. The zero-order chi connectivity index (χ0) is 18.1. The number of carboxylic acid groups (broad SMARTS) is 1. The number of aromatic nitrogens is 2. The van der Waals surface area contributed by atoms with Gasteiger partial charge in [0.25, 0.3) is 5.91 Å². The Balaban J connectivity index is 2.30. The minimum atomic E-state index is -1.10. The highest BCUT2D eigenvalue weighted by Crippen LogP contribution is 2.33. The molecular formula is C17H23N3O4. The number of aryl methyl sites for hydroxylation is 2. The third-order valence-corrected chi connectivity index (χ3v) is 3.78. The molecule has 2 aromatic heterocycles. The number of aromatic carboxylic acids is 1. The number of hydrogen-bond acceptors (Lipinski definition) is 4. The van der Waals surface area contributed by atoms with Gasteiger partial charge < -0.3 is 14.8 Å². The van der Waals surface area contributed by atoms with E-state index >= 15 is 0 Å². The molecule has 0 fully saturated rings. The summed E-state index contributed by atoms with van der Waals surface area (Å²) in [6.45, 7) is 7.80. The van der Waals surface area contributed by atoms with Gasteiger partial charge in [0.1, 0.15) is 11.3 Å². The first-order valence-corrected chi connectivity index (χ1v) is 7.79. The second-order valence-corrected chi connectivity index (χ2v) is 6.83. The zero-order valence-electron chi connectivity index (χ0n) is 14.6. The lowest BCUT2D eigenvalue weighted by Crippen LogP contribution is -2.36. The van der Waals surface area contributed by atoms with Crippen LogP contribution in [0.3, 0.4) is 0 Å². The smallest absolute Gasteiger partial charge is 0.339 e. The molecule has 0 aliphatic heterocycles. The fraction of sp³-hybridized carbons (Fsp3) is 0.471. The fourth-order valence-corrected chi connectivity index (χ4v) is 2.58. The van der Waals surface area contributed by atoms with Crippen molar-refractivity contribution in [2.45, 2.75) is 40.2 Å². The van der Waals surface area contributed by atoms with Gasteiger partial charge in [-0.3, -0.25) is 9.48 Å². The van der Waals surface area contributed by atoms with Gasteiger partial charge in [-0.05, 0) is 5.41 Å². The van der Waals surface area contributed by atoms with Crippen molar-refractivity contribution >= 4 is 11.9 Å². The van der Waals surface area contributed by atoms with Crippen LogP contribution in [0.2, 0.25) is 0 Å². The normalized spacial score (nSPS) is 12.9. The minimum Gasteiger partial charge on any atom is -0.478 e. The number of carbonyl (C=O) groups is 2. The van der Waals surface area contributed by atoms with Gasteiger partial charge >= 0.3 is 5.97 Å². The van der Waals surface area contributed by atoms with E-state index in [0.717, 1.165) is 5.56 Å². The van der Waals surface area contributed by atoms with Gasteiger partial charge in [-0.25, -0.2) is 4.79 Å². The van der Waals surface area contributed by atoms with Crippen LogP contribution in [0.1, 0.15) is 66.0 Å². The van der Waals surface area contributed by atoms with Crippen LogP contribution in [-0.2, 0) is 13.5 Å². The van der Waals surface area contributed by atoms with Gasteiger partial charge in [0.2, 0.25) is 0 Å². The molecule has 1 atom stereocenters. The molecule has 0 saturated carbocycles. The summed E-state index contributed by atoms with van der Waals surface area (Å²) in [4.78, 5) is 23.8. The summed E-state index contributed by atoms with van der Waals surface area (Å²) >= 11 is 0. The summed E-state index contributed by atoms with van der Waals surface area (Å²) in [5.74, 6) is -1.25. The average molecular weight is 333 g/mol. The molecule has 2 heterocycles. The van der Waals surface area contributed by atoms with Crippen molar-refractivity contribution in [3.8, 4) is 0 Å². The van der Waals surface area contributed by atoms with E-state index in [9.17, 15) is 14.7 Å². The van der Waals surface area contributed by atoms with Crippen LogP contribution in [-0.4, -0.2) is 26.8 Å². The number of hydrogen-bond donors (Lipinski definition) is 2. The van der Waals surface area contributed by atoms with Crippen molar-refractivity contribution in [3.05, 3.63) is 41.1 Å². The lowest BCUT2D eigenvalue weighted by Gasteiger charge is -2.30. The number of amides is 1. The molecule has 0 spiro atoms. The summed E-state index contributed by atoms with van der Waals surface area (Å²) in [5.41, 5.74) is 0.643. The van der Waals surface area contributed by atoms with Crippen molar-refractivity contribution in [1.82, 2.24) is 15.1 Å². The predicted molar refractivity (Wildman–Crippen MR) is 87.9 cm³/mol. The second-order valence-electron chi connectivity index (χ2n) is 6.83. The number of furan rings is 1. The lowest BCUT2D eigenvalue weighted by atomic mass is 9.83. The molecule has 2 N–H and O–H groups in total. The molecule has 0 radical (unpaired) electrons. The number of rotatable bonds is 5. The maximum Gasteiger partial charge on any atom is 0.339 e. The Morgan fingerprint density at radius 2 is 2.08 bits per heavy atom. The zero-order valence-corrected chi connectivity index (χ0v) is 14.6.